The molecule has 8 atom stereocenters. The molecule has 10 nitrogen and oxygen atoms in total. The minimum absolute atomic E-state index is 0.100. The molecule has 0 aromatic heterocycles. The van der Waals surface area contributed by atoms with Gasteiger partial charge in [-0.25, -0.2) is 0 Å². The summed E-state index contributed by atoms with van der Waals surface area (Å²) in [4.78, 5) is 0. The molecule has 0 bridgehead atoms. The first-order chi connectivity index (χ1) is 11.0. The molecule has 1 rings (SSSR count). The maximum atomic E-state index is 11.9. The summed E-state index contributed by atoms with van der Waals surface area (Å²) in [6.45, 7) is -1.38. The van der Waals surface area contributed by atoms with Gasteiger partial charge in [0.2, 0.25) is 0 Å². The zero-order valence-electron chi connectivity index (χ0n) is 13.5. The Balaban J connectivity index is 2.53. The molecular formula is C13H27AsO10. The predicted molar refractivity (Wildman–Crippen MR) is 80.7 cm³/mol. The van der Waals surface area contributed by atoms with Gasteiger partial charge in [0.15, 0.2) is 0 Å². The summed E-state index contributed by atoms with van der Waals surface area (Å²) in [5.41, 5.74) is 3.14. The molecule has 5 unspecified atom stereocenters. The van der Waals surface area contributed by atoms with Crippen molar-refractivity contribution >= 4 is 13.5 Å². The number of rotatable bonds is 9. The van der Waals surface area contributed by atoms with Crippen LogP contribution in [0.15, 0.2) is 0 Å². The van der Waals surface area contributed by atoms with E-state index < -0.39 is 75.7 Å². The third kappa shape index (κ3) is 6.06. The monoisotopic (exact) mass is 418 g/mol. The predicted octanol–water partition coefficient (Wildman–Crippen LogP) is -3.48. The molecule has 144 valence electrons. The first-order valence-corrected chi connectivity index (χ1v) is 13.3. The Morgan fingerprint density at radius 2 is 1.58 bits per heavy atom. The number of aliphatic hydroxyl groups excluding tert-OH is 7. The summed E-state index contributed by atoms with van der Waals surface area (Å²) < 4.78 is 22.2. The molecule has 1 heterocycles. The molecule has 1 fully saturated rings. The van der Waals surface area contributed by atoms with Gasteiger partial charge in [0.25, 0.3) is 0 Å². The van der Waals surface area contributed by atoms with E-state index in [-0.39, 0.29) is 5.21 Å². The molecule has 11 heteroatoms. The minimum atomic E-state index is -3.13. The Kier molecular flexibility index (Phi) is 8.34. The molecular weight excluding hydrogens is 391 g/mol. The van der Waals surface area contributed by atoms with E-state index in [4.69, 9.17) is 14.6 Å². The summed E-state index contributed by atoms with van der Waals surface area (Å²) in [7, 11) is 0. The topological polar surface area (TPSA) is 177 Å². The summed E-state index contributed by atoms with van der Waals surface area (Å²) in [6.07, 6.45) is -11.8. The van der Waals surface area contributed by atoms with Gasteiger partial charge in [0.1, 0.15) is 0 Å². The van der Waals surface area contributed by atoms with E-state index in [1.54, 1.807) is 11.4 Å². The third-order valence-corrected chi connectivity index (χ3v) is 6.29. The summed E-state index contributed by atoms with van der Waals surface area (Å²) in [5, 5.41) is 66.6. The second-order valence-electron chi connectivity index (χ2n) is 6.41. The van der Waals surface area contributed by atoms with Gasteiger partial charge in [0, 0.05) is 0 Å². The van der Waals surface area contributed by atoms with Gasteiger partial charge in [-0.2, -0.15) is 0 Å². The Morgan fingerprint density at radius 1 is 1.04 bits per heavy atom. The van der Waals surface area contributed by atoms with Crippen LogP contribution in [0.25, 0.3) is 0 Å². The zero-order chi connectivity index (χ0) is 18.7. The fourth-order valence-corrected chi connectivity index (χ4v) is 4.74. The average Bonchev–Trinajstić information content (AvgIpc) is 2.76. The van der Waals surface area contributed by atoms with Gasteiger partial charge >= 0.3 is 141 Å². The molecule has 0 saturated carbocycles. The van der Waals surface area contributed by atoms with Gasteiger partial charge in [-0.15, -0.1) is 0 Å². The van der Waals surface area contributed by atoms with Crippen molar-refractivity contribution in [1.82, 2.24) is 0 Å². The van der Waals surface area contributed by atoms with E-state index >= 15 is 0 Å². The van der Waals surface area contributed by atoms with E-state index in [1.807, 2.05) is 0 Å². The van der Waals surface area contributed by atoms with Gasteiger partial charge in [-0.3, -0.25) is 0 Å². The quantitative estimate of drug-likeness (QED) is 0.186. The van der Waals surface area contributed by atoms with Crippen LogP contribution in [-0.4, -0.2) is 111 Å². The second kappa shape index (κ2) is 9.09. The average molecular weight is 418 g/mol. The number of hydrogen-bond acceptors (Lipinski definition) is 10. The van der Waals surface area contributed by atoms with Crippen molar-refractivity contribution in [2.24, 2.45) is 0 Å². The molecule has 24 heavy (non-hydrogen) atoms. The normalized spacial score (nSPS) is 33.2. The van der Waals surface area contributed by atoms with Crippen molar-refractivity contribution in [2.75, 3.05) is 13.2 Å². The Hall–Kier alpha value is -0.00156. The fraction of sp³-hybridized carbons (Fsp3) is 1.00. The second-order valence-corrected chi connectivity index (χ2v) is 13.8. The molecule has 0 aliphatic carbocycles. The SMILES string of the molecule is C[As](C)(=O)C[C@H]1O[C@@H](OCC(O)C(O)C(O)C(O)CO)C(O)[C@H]1O. The summed E-state index contributed by atoms with van der Waals surface area (Å²) in [6, 6.07) is 0. The Bertz CT molecular complexity index is 429. The summed E-state index contributed by atoms with van der Waals surface area (Å²) in [5.74, 6) is 0. The van der Waals surface area contributed by atoms with Crippen LogP contribution in [0.5, 0.6) is 0 Å². The number of aliphatic hydroxyl groups is 7. The third-order valence-electron chi connectivity index (χ3n) is 3.69. The van der Waals surface area contributed by atoms with Gasteiger partial charge in [-0.05, 0) is 0 Å². The van der Waals surface area contributed by atoms with Crippen molar-refractivity contribution in [3.05, 3.63) is 0 Å². The van der Waals surface area contributed by atoms with Crippen LogP contribution < -0.4 is 0 Å². The standard InChI is InChI=1S/C13H27AsO10/c1-14(2,22)3-8-11(20)12(21)13(24-8)23-5-7(17)10(19)9(18)6(16)4-15/h6-13,15-21H,3-5H2,1-2H3/t6?,7?,8-,9?,10?,11+,12?,13-/m1/s1. The van der Waals surface area contributed by atoms with E-state index in [9.17, 15) is 34.4 Å². The van der Waals surface area contributed by atoms with Crippen molar-refractivity contribution < 1.29 is 49.0 Å². The van der Waals surface area contributed by atoms with Crippen LogP contribution in [0.3, 0.4) is 0 Å². The van der Waals surface area contributed by atoms with Gasteiger partial charge in [-0.1, -0.05) is 0 Å². The first kappa shape index (κ1) is 22.0. The van der Waals surface area contributed by atoms with Crippen molar-refractivity contribution in [3.63, 3.8) is 0 Å². The van der Waals surface area contributed by atoms with Gasteiger partial charge < -0.3 is 0 Å². The van der Waals surface area contributed by atoms with E-state index in [2.05, 4.69) is 0 Å². The number of hydrogen-bond donors (Lipinski definition) is 7. The van der Waals surface area contributed by atoms with Crippen LogP contribution in [0.2, 0.25) is 16.6 Å². The van der Waals surface area contributed by atoms with Crippen LogP contribution >= 0.6 is 0 Å². The molecule has 1 saturated heterocycles. The van der Waals surface area contributed by atoms with Crippen molar-refractivity contribution in [3.8, 4) is 0 Å². The Labute approximate surface area is 141 Å². The molecule has 0 amide bonds. The van der Waals surface area contributed by atoms with E-state index in [0.717, 1.165) is 0 Å². The van der Waals surface area contributed by atoms with E-state index in [0.29, 0.717) is 0 Å². The van der Waals surface area contributed by atoms with Gasteiger partial charge in [0.05, 0.1) is 0 Å². The fourth-order valence-electron chi connectivity index (χ4n) is 2.29. The van der Waals surface area contributed by atoms with Crippen LogP contribution in [-0.2, 0) is 13.2 Å². The van der Waals surface area contributed by atoms with Crippen LogP contribution in [0.1, 0.15) is 0 Å². The maximum absolute atomic E-state index is 11.9. The molecule has 0 spiro atoms. The molecule has 7 N–H and O–H groups in total. The van der Waals surface area contributed by atoms with Crippen LogP contribution in [0.4, 0.5) is 0 Å². The summed E-state index contributed by atoms with van der Waals surface area (Å²) >= 11 is -3.13. The molecule has 0 aromatic rings. The molecule has 0 radical (unpaired) electrons. The van der Waals surface area contributed by atoms with Crippen molar-refractivity contribution in [1.29, 1.82) is 0 Å². The Morgan fingerprint density at radius 3 is 2.08 bits per heavy atom. The molecule has 1 aliphatic heterocycles. The molecule has 0 aromatic carbocycles. The molecule has 1 aliphatic rings. The number of ether oxygens (including phenoxy) is 2. The first-order valence-electron chi connectivity index (χ1n) is 7.48. The van der Waals surface area contributed by atoms with E-state index in [1.165, 1.54) is 0 Å². The zero-order valence-corrected chi connectivity index (χ0v) is 15.4. The van der Waals surface area contributed by atoms with Crippen molar-refractivity contribution in [2.45, 2.75) is 65.6 Å². The van der Waals surface area contributed by atoms with Crippen LogP contribution in [0, 0.1) is 0 Å².